The topological polar surface area (TPSA) is 41.6 Å². The van der Waals surface area contributed by atoms with Crippen LogP contribution in [0.3, 0.4) is 0 Å². The molecule has 0 aliphatic carbocycles. The Morgan fingerprint density at radius 3 is 2.59 bits per heavy atom. The summed E-state index contributed by atoms with van der Waals surface area (Å²) in [5, 5.41) is 3.15. The number of ether oxygens (including phenoxy) is 1. The van der Waals surface area contributed by atoms with Gasteiger partial charge in [0.25, 0.3) is 5.91 Å². The molecule has 1 atom stereocenters. The quantitative estimate of drug-likeness (QED) is 0.743. The maximum Gasteiger partial charge on any atom is 0.251 e. The first kappa shape index (κ1) is 19.8. The molecular formula is C22H28N2O2S. The summed E-state index contributed by atoms with van der Waals surface area (Å²) in [6.07, 6.45) is 4.51. The van der Waals surface area contributed by atoms with Crippen LogP contribution in [0, 0.1) is 0 Å². The Kier molecular flexibility index (Phi) is 7.18. The molecule has 4 nitrogen and oxygen atoms in total. The molecule has 1 N–H and O–H groups in total. The zero-order chi connectivity index (χ0) is 19.1. The Morgan fingerprint density at radius 2 is 1.93 bits per heavy atom. The van der Waals surface area contributed by atoms with Gasteiger partial charge < -0.3 is 10.1 Å². The maximum atomic E-state index is 12.7. The fourth-order valence-corrected chi connectivity index (χ4v) is 4.11. The van der Waals surface area contributed by atoms with Crippen LogP contribution in [0.25, 0.3) is 0 Å². The molecule has 1 unspecified atom stereocenters. The van der Waals surface area contributed by atoms with Crippen LogP contribution in [-0.2, 0) is 5.75 Å². The van der Waals surface area contributed by atoms with Crippen molar-refractivity contribution in [3.63, 3.8) is 0 Å². The van der Waals surface area contributed by atoms with Gasteiger partial charge in [-0.15, -0.1) is 0 Å². The second-order valence-electron chi connectivity index (χ2n) is 6.88. The van der Waals surface area contributed by atoms with Gasteiger partial charge in [0.15, 0.2) is 0 Å². The molecule has 0 bridgehead atoms. The van der Waals surface area contributed by atoms with Gasteiger partial charge in [0, 0.05) is 17.9 Å². The molecule has 3 rings (SSSR count). The molecule has 0 spiro atoms. The number of nitrogens with zero attached hydrogens (tertiary/aromatic N) is 1. The van der Waals surface area contributed by atoms with Gasteiger partial charge >= 0.3 is 0 Å². The second-order valence-corrected chi connectivity index (χ2v) is 7.74. The van der Waals surface area contributed by atoms with E-state index in [1.54, 1.807) is 18.9 Å². The van der Waals surface area contributed by atoms with Gasteiger partial charge in [-0.2, -0.15) is 11.8 Å². The molecule has 0 aromatic heterocycles. The predicted molar refractivity (Wildman–Crippen MR) is 113 cm³/mol. The molecule has 1 fully saturated rings. The zero-order valence-corrected chi connectivity index (χ0v) is 16.9. The molecule has 0 saturated carbocycles. The Morgan fingerprint density at radius 1 is 1.19 bits per heavy atom. The van der Waals surface area contributed by atoms with Gasteiger partial charge in [0.1, 0.15) is 5.75 Å². The molecule has 1 saturated heterocycles. The van der Waals surface area contributed by atoms with Crippen molar-refractivity contribution in [1.82, 2.24) is 10.2 Å². The summed E-state index contributed by atoms with van der Waals surface area (Å²) >= 11 is 1.76. The van der Waals surface area contributed by atoms with Crippen LogP contribution in [0.4, 0.5) is 0 Å². The lowest BCUT2D eigenvalue weighted by molar-refractivity contribution is 0.0938. The van der Waals surface area contributed by atoms with Crippen LogP contribution < -0.4 is 10.1 Å². The first-order valence-corrected chi connectivity index (χ1v) is 10.8. The second kappa shape index (κ2) is 9.81. The number of carbonyl (C=O) groups excluding carboxylic acids is 1. The highest BCUT2D eigenvalue weighted by atomic mass is 32.2. The predicted octanol–water partition coefficient (Wildman–Crippen LogP) is 4.13. The highest BCUT2D eigenvalue weighted by molar-refractivity contribution is 7.97. The number of likely N-dealkylation sites (tertiary alicyclic amines) is 1. The standard InChI is InChI=1S/C22H28N2O2S/c1-26-20-10-8-18(9-11-20)21(24-12-3-4-13-24)15-23-22(25)19-7-5-6-17(14-19)16-27-2/h5-11,14,21H,3-4,12-13,15-16H2,1-2H3,(H,23,25). The summed E-state index contributed by atoms with van der Waals surface area (Å²) in [6.45, 7) is 2.77. The van der Waals surface area contributed by atoms with Crippen LogP contribution >= 0.6 is 11.8 Å². The summed E-state index contributed by atoms with van der Waals surface area (Å²) in [4.78, 5) is 15.2. The molecule has 144 valence electrons. The molecule has 2 aromatic rings. The third-order valence-corrected chi connectivity index (χ3v) is 5.66. The molecular weight excluding hydrogens is 356 g/mol. The van der Waals surface area contributed by atoms with E-state index in [-0.39, 0.29) is 11.9 Å². The summed E-state index contributed by atoms with van der Waals surface area (Å²) < 4.78 is 5.28. The number of hydrogen-bond donors (Lipinski definition) is 1. The lowest BCUT2D eigenvalue weighted by Gasteiger charge is -2.28. The van der Waals surface area contributed by atoms with Crippen LogP contribution in [-0.4, -0.2) is 43.8 Å². The number of benzene rings is 2. The van der Waals surface area contributed by atoms with E-state index in [0.717, 1.165) is 30.2 Å². The third-order valence-electron chi connectivity index (χ3n) is 5.04. The molecule has 1 amide bonds. The smallest absolute Gasteiger partial charge is 0.251 e. The number of hydrogen-bond acceptors (Lipinski definition) is 4. The van der Waals surface area contributed by atoms with Crippen LogP contribution in [0.5, 0.6) is 5.75 Å². The van der Waals surface area contributed by atoms with E-state index >= 15 is 0 Å². The average molecular weight is 385 g/mol. The Hall–Kier alpha value is -1.98. The van der Waals surface area contributed by atoms with E-state index < -0.39 is 0 Å². The molecule has 27 heavy (non-hydrogen) atoms. The van der Waals surface area contributed by atoms with Gasteiger partial charge in [-0.3, -0.25) is 9.69 Å². The SMILES string of the molecule is COc1ccc(C(CNC(=O)c2cccc(CSC)c2)N2CCCC2)cc1. The van der Waals surface area contributed by atoms with Gasteiger partial charge in [0.05, 0.1) is 13.2 Å². The number of carbonyl (C=O) groups is 1. The average Bonchev–Trinajstić information content (AvgIpc) is 3.23. The van der Waals surface area contributed by atoms with Gasteiger partial charge in [-0.1, -0.05) is 24.3 Å². The Balaban J connectivity index is 1.70. The fourth-order valence-electron chi connectivity index (χ4n) is 3.60. The fraction of sp³-hybridized carbons (Fsp3) is 0.409. The lowest BCUT2D eigenvalue weighted by atomic mass is 10.0. The van der Waals surface area contributed by atoms with Crippen molar-refractivity contribution >= 4 is 17.7 Å². The monoisotopic (exact) mass is 384 g/mol. The Bertz CT molecular complexity index is 742. The van der Waals surface area contributed by atoms with E-state index in [2.05, 4.69) is 34.7 Å². The first-order valence-electron chi connectivity index (χ1n) is 9.45. The van der Waals surface area contributed by atoms with Crippen LogP contribution in [0.15, 0.2) is 48.5 Å². The van der Waals surface area contributed by atoms with E-state index in [1.165, 1.54) is 24.0 Å². The van der Waals surface area contributed by atoms with E-state index in [9.17, 15) is 4.79 Å². The van der Waals surface area contributed by atoms with Gasteiger partial charge in [0.2, 0.25) is 0 Å². The van der Waals surface area contributed by atoms with Gasteiger partial charge in [-0.25, -0.2) is 0 Å². The summed E-state index contributed by atoms with van der Waals surface area (Å²) in [7, 11) is 1.68. The summed E-state index contributed by atoms with van der Waals surface area (Å²) in [5.74, 6) is 1.77. The number of rotatable bonds is 8. The summed E-state index contributed by atoms with van der Waals surface area (Å²) in [5.41, 5.74) is 3.13. The van der Waals surface area contributed by atoms with Crippen LogP contribution in [0.1, 0.15) is 40.4 Å². The molecule has 2 aromatic carbocycles. The van der Waals surface area contributed by atoms with Crippen molar-refractivity contribution in [1.29, 1.82) is 0 Å². The van der Waals surface area contributed by atoms with E-state index in [0.29, 0.717) is 6.54 Å². The van der Waals surface area contributed by atoms with Crippen molar-refractivity contribution in [3.05, 3.63) is 65.2 Å². The van der Waals surface area contributed by atoms with Crippen LogP contribution in [0.2, 0.25) is 0 Å². The van der Waals surface area contributed by atoms with Gasteiger partial charge in [-0.05, 0) is 67.6 Å². The normalized spacial score (nSPS) is 15.5. The first-order chi connectivity index (χ1) is 13.2. The number of methoxy groups -OCH3 is 1. The molecule has 1 heterocycles. The largest absolute Gasteiger partial charge is 0.497 e. The highest BCUT2D eigenvalue weighted by Crippen LogP contribution is 2.26. The minimum absolute atomic E-state index is 0.00402. The summed E-state index contributed by atoms with van der Waals surface area (Å²) in [6, 6.07) is 16.3. The maximum absolute atomic E-state index is 12.7. The minimum Gasteiger partial charge on any atom is -0.497 e. The van der Waals surface area contributed by atoms with Crippen molar-refractivity contribution in [2.24, 2.45) is 0 Å². The molecule has 5 heteroatoms. The molecule has 1 aliphatic rings. The van der Waals surface area contributed by atoms with Crippen molar-refractivity contribution in [2.75, 3.05) is 33.0 Å². The van der Waals surface area contributed by atoms with E-state index in [1.807, 2.05) is 30.3 Å². The highest BCUT2D eigenvalue weighted by Gasteiger charge is 2.24. The number of nitrogens with one attached hydrogen (secondary N) is 1. The minimum atomic E-state index is -0.00402. The van der Waals surface area contributed by atoms with Crippen molar-refractivity contribution in [3.8, 4) is 5.75 Å². The van der Waals surface area contributed by atoms with Crippen molar-refractivity contribution in [2.45, 2.75) is 24.6 Å². The number of thioether (sulfide) groups is 1. The molecule has 1 aliphatic heterocycles. The van der Waals surface area contributed by atoms with Crippen molar-refractivity contribution < 1.29 is 9.53 Å². The van der Waals surface area contributed by atoms with E-state index in [4.69, 9.17) is 4.74 Å². The lowest BCUT2D eigenvalue weighted by Crippen LogP contribution is -2.36. The number of amides is 1. The third kappa shape index (κ3) is 5.27. The zero-order valence-electron chi connectivity index (χ0n) is 16.1. The Labute approximate surface area is 166 Å². The molecule has 0 radical (unpaired) electrons.